The first kappa shape index (κ1) is 20.7. The van der Waals surface area contributed by atoms with Gasteiger partial charge in [-0.3, -0.25) is 14.5 Å². The molecular formula is C21H21ClN4O3S. The van der Waals surface area contributed by atoms with E-state index in [0.717, 1.165) is 43.1 Å². The summed E-state index contributed by atoms with van der Waals surface area (Å²) in [6.45, 7) is 4.14. The number of hydrogen-bond donors (Lipinski definition) is 2. The Morgan fingerprint density at radius 1 is 1.13 bits per heavy atom. The topological polar surface area (TPSA) is 83.6 Å². The number of fused-ring (bicyclic) bond motifs is 1. The smallest absolute Gasteiger partial charge is 0.251 e. The second-order valence-corrected chi connectivity index (χ2v) is 8.41. The number of amides is 2. The Balaban J connectivity index is 1.33. The second-order valence-electron chi connectivity index (χ2n) is 6.95. The van der Waals surface area contributed by atoms with Gasteiger partial charge in [0, 0.05) is 30.2 Å². The lowest BCUT2D eigenvalue weighted by Gasteiger charge is -2.26. The molecule has 1 aromatic heterocycles. The SMILES string of the molecule is O=C(CNC(=O)c1ccc(Cl)cc1)Nc1nc2ccc(CN3CCOCC3)cc2s1. The van der Waals surface area contributed by atoms with E-state index in [2.05, 4.69) is 32.7 Å². The van der Waals surface area contributed by atoms with Gasteiger partial charge in [0.15, 0.2) is 5.13 Å². The Morgan fingerprint density at radius 2 is 1.90 bits per heavy atom. The number of carbonyl (C=O) groups excluding carboxylic acids is 2. The number of hydrogen-bond acceptors (Lipinski definition) is 6. The summed E-state index contributed by atoms with van der Waals surface area (Å²) in [6, 6.07) is 12.6. The highest BCUT2D eigenvalue weighted by atomic mass is 35.5. The van der Waals surface area contributed by atoms with Crippen LogP contribution >= 0.6 is 22.9 Å². The average Bonchev–Trinajstić information content (AvgIpc) is 3.14. The molecule has 0 aliphatic carbocycles. The first-order valence-electron chi connectivity index (χ1n) is 9.60. The number of aromatic nitrogens is 1. The van der Waals surface area contributed by atoms with Crippen molar-refractivity contribution < 1.29 is 14.3 Å². The third-order valence-electron chi connectivity index (χ3n) is 4.72. The highest BCUT2D eigenvalue weighted by Crippen LogP contribution is 2.27. The Bertz CT molecular complexity index is 1050. The van der Waals surface area contributed by atoms with E-state index >= 15 is 0 Å². The van der Waals surface area contributed by atoms with E-state index in [0.29, 0.717) is 15.7 Å². The lowest BCUT2D eigenvalue weighted by molar-refractivity contribution is -0.115. The van der Waals surface area contributed by atoms with E-state index in [9.17, 15) is 9.59 Å². The van der Waals surface area contributed by atoms with Crippen LogP contribution in [0.5, 0.6) is 0 Å². The van der Waals surface area contributed by atoms with Gasteiger partial charge in [-0.2, -0.15) is 0 Å². The number of rotatable bonds is 6. The van der Waals surface area contributed by atoms with Gasteiger partial charge in [-0.05, 0) is 42.0 Å². The normalized spacial score (nSPS) is 14.6. The molecular weight excluding hydrogens is 424 g/mol. The van der Waals surface area contributed by atoms with Crippen LogP contribution in [0.15, 0.2) is 42.5 Å². The summed E-state index contributed by atoms with van der Waals surface area (Å²) in [5, 5.41) is 6.41. The van der Waals surface area contributed by atoms with Gasteiger partial charge in [0.2, 0.25) is 5.91 Å². The van der Waals surface area contributed by atoms with Crippen molar-refractivity contribution in [3.8, 4) is 0 Å². The fourth-order valence-corrected chi connectivity index (χ4v) is 4.24. The summed E-state index contributed by atoms with van der Waals surface area (Å²) in [6.07, 6.45) is 0. The molecule has 7 nitrogen and oxygen atoms in total. The fraction of sp³-hybridized carbons (Fsp3) is 0.286. The summed E-state index contributed by atoms with van der Waals surface area (Å²) >= 11 is 7.24. The third kappa shape index (κ3) is 5.34. The molecule has 1 aliphatic heterocycles. The molecule has 1 aliphatic rings. The molecule has 0 atom stereocenters. The molecule has 2 heterocycles. The minimum Gasteiger partial charge on any atom is -0.379 e. The van der Waals surface area contributed by atoms with E-state index in [1.54, 1.807) is 24.3 Å². The summed E-state index contributed by atoms with van der Waals surface area (Å²) in [5.41, 5.74) is 2.49. The molecule has 30 heavy (non-hydrogen) atoms. The maximum atomic E-state index is 12.2. The van der Waals surface area contributed by atoms with Crippen molar-refractivity contribution in [2.24, 2.45) is 0 Å². The molecule has 1 fully saturated rings. The van der Waals surface area contributed by atoms with Crippen LogP contribution in [0, 0.1) is 0 Å². The van der Waals surface area contributed by atoms with Crippen molar-refractivity contribution >= 4 is 50.1 Å². The number of thiazole rings is 1. The molecule has 3 aromatic rings. The molecule has 1 saturated heterocycles. The van der Waals surface area contributed by atoms with Gasteiger partial charge in [-0.25, -0.2) is 4.98 Å². The van der Waals surface area contributed by atoms with Crippen LogP contribution in [0.4, 0.5) is 5.13 Å². The molecule has 2 amide bonds. The van der Waals surface area contributed by atoms with Crippen LogP contribution in [0.3, 0.4) is 0 Å². The highest BCUT2D eigenvalue weighted by molar-refractivity contribution is 7.22. The van der Waals surface area contributed by atoms with Crippen molar-refractivity contribution in [3.05, 3.63) is 58.6 Å². The summed E-state index contributed by atoms with van der Waals surface area (Å²) in [4.78, 5) is 31.1. The number of nitrogens with one attached hydrogen (secondary N) is 2. The average molecular weight is 445 g/mol. The number of morpholine rings is 1. The van der Waals surface area contributed by atoms with E-state index in [-0.39, 0.29) is 18.4 Å². The molecule has 4 rings (SSSR count). The standard InChI is InChI=1S/C21H21ClN4O3S/c22-16-4-2-15(3-5-16)20(28)23-12-19(27)25-21-24-17-6-1-14(11-18(17)30-21)13-26-7-9-29-10-8-26/h1-6,11H,7-10,12-13H2,(H,23,28)(H,24,25,27). The van der Waals surface area contributed by atoms with Gasteiger partial charge < -0.3 is 15.4 Å². The summed E-state index contributed by atoms with van der Waals surface area (Å²) < 4.78 is 6.41. The molecule has 0 saturated carbocycles. The van der Waals surface area contributed by atoms with E-state index in [1.165, 1.54) is 16.9 Å². The summed E-state index contributed by atoms with van der Waals surface area (Å²) in [7, 11) is 0. The predicted octanol–water partition coefficient (Wildman–Crippen LogP) is 3.15. The second kappa shape index (κ2) is 9.53. The van der Waals surface area contributed by atoms with E-state index in [4.69, 9.17) is 16.3 Å². The number of benzene rings is 2. The minimum absolute atomic E-state index is 0.139. The van der Waals surface area contributed by atoms with E-state index < -0.39 is 0 Å². The van der Waals surface area contributed by atoms with Crippen molar-refractivity contribution in [2.45, 2.75) is 6.54 Å². The first-order chi connectivity index (χ1) is 14.6. The number of halogens is 1. The Hall–Kier alpha value is -2.52. The van der Waals surface area contributed by atoms with Crippen LogP contribution in [-0.2, 0) is 16.1 Å². The number of nitrogens with zero attached hydrogens (tertiary/aromatic N) is 2. The minimum atomic E-state index is -0.334. The quantitative estimate of drug-likeness (QED) is 0.610. The van der Waals surface area contributed by atoms with Crippen LogP contribution < -0.4 is 10.6 Å². The Labute approximate surface area is 183 Å². The van der Waals surface area contributed by atoms with Crippen LogP contribution in [-0.4, -0.2) is 54.5 Å². The van der Waals surface area contributed by atoms with Gasteiger partial charge in [-0.15, -0.1) is 0 Å². The first-order valence-corrected chi connectivity index (χ1v) is 10.8. The lowest BCUT2D eigenvalue weighted by Crippen LogP contribution is -2.35. The summed E-state index contributed by atoms with van der Waals surface area (Å²) in [5.74, 6) is -0.663. The van der Waals surface area contributed by atoms with Gasteiger partial charge in [-0.1, -0.05) is 29.0 Å². The lowest BCUT2D eigenvalue weighted by atomic mass is 10.2. The van der Waals surface area contributed by atoms with Gasteiger partial charge in [0.25, 0.3) is 5.91 Å². The van der Waals surface area contributed by atoms with Gasteiger partial charge in [0.1, 0.15) is 0 Å². The van der Waals surface area contributed by atoms with Crippen molar-refractivity contribution in [3.63, 3.8) is 0 Å². The molecule has 9 heteroatoms. The van der Waals surface area contributed by atoms with Gasteiger partial charge >= 0.3 is 0 Å². The van der Waals surface area contributed by atoms with E-state index in [1.807, 2.05) is 6.07 Å². The predicted molar refractivity (Wildman–Crippen MR) is 118 cm³/mol. The molecule has 2 N–H and O–H groups in total. The van der Waals surface area contributed by atoms with Crippen molar-refractivity contribution in [1.29, 1.82) is 0 Å². The number of ether oxygens (including phenoxy) is 1. The Morgan fingerprint density at radius 3 is 2.67 bits per heavy atom. The zero-order chi connectivity index (χ0) is 20.9. The van der Waals surface area contributed by atoms with Crippen LogP contribution in [0.25, 0.3) is 10.2 Å². The molecule has 0 bridgehead atoms. The van der Waals surface area contributed by atoms with Crippen LogP contribution in [0.1, 0.15) is 15.9 Å². The molecule has 0 radical (unpaired) electrons. The zero-order valence-corrected chi connectivity index (χ0v) is 17.8. The maximum absolute atomic E-state index is 12.2. The fourth-order valence-electron chi connectivity index (χ4n) is 3.17. The van der Waals surface area contributed by atoms with Gasteiger partial charge in [0.05, 0.1) is 30.0 Å². The monoisotopic (exact) mass is 444 g/mol. The highest BCUT2D eigenvalue weighted by Gasteiger charge is 2.13. The Kier molecular flexibility index (Phi) is 6.59. The molecule has 0 unspecified atom stereocenters. The largest absolute Gasteiger partial charge is 0.379 e. The number of anilines is 1. The zero-order valence-electron chi connectivity index (χ0n) is 16.2. The maximum Gasteiger partial charge on any atom is 0.251 e. The van der Waals surface area contributed by atoms with Crippen LogP contribution in [0.2, 0.25) is 5.02 Å². The molecule has 2 aromatic carbocycles. The third-order valence-corrected chi connectivity index (χ3v) is 5.91. The van der Waals surface area contributed by atoms with Crippen molar-refractivity contribution in [2.75, 3.05) is 38.2 Å². The van der Waals surface area contributed by atoms with Crippen molar-refractivity contribution in [1.82, 2.24) is 15.2 Å². The molecule has 156 valence electrons. The number of carbonyl (C=O) groups is 2. The molecule has 0 spiro atoms.